The van der Waals surface area contributed by atoms with E-state index in [2.05, 4.69) is 28.2 Å². The Morgan fingerprint density at radius 3 is 3.00 bits per heavy atom. The summed E-state index contributed by atoms with van der Waals surface area (Å²) in [7, 11) is 0. The van der Waals surface area contributed by atoms with Crippen molar-refractivity contribution in [2.24, 2.45) is 0 Å². The average Bonchev–Trinajstić information content (AvgIpc) is 2.42. The van der Waals surface area contributed by atoms with Crippen LogP contribution in [0, 0.1) is 23.2 Å². The van der Waals surface area contributed by atoms with Crippen LogP contribution in [0.5, 0.6) is 0 Å². The van der Waals surface area contributed by atoms with Crippen molar-refractivity contribution in [2.45, 2.75) is 39.0 Å². The molecule has 0 aromatic carbocycles. The van der Waals surface area contributed by atoms with Gasteiger partial charge in [-0.1, -0.05) is 0 Å². The lowest BCUT2D eigenvalue weighted by Gasteiger charge is -2.17. The Bertz CT molecular complexity index is 529. The topological polar surface area (TPSA) is 48.7 Å². The first kappa shape index (κ1) is 12.5. The van der Waals surface area contributed by atoms with Crippen LogP contribution in [-0.4, -0.2) is 11.5 Å². The van der Waals surface area contributed by atoms with Crippen LogP contribution in [0.15, 0.2) is 6.07 Å². The molecule has 0 amide bonds. The molecule has 92 valence electrons. The first-order valence-electron chi connectivity index (χ1n) is 6.41. The summed E-state index contributed by atoms with van der Waals surface area (Å²) < 4.78 is 0. The molecule has 0 fully saturated rings. The molecule has 0 saturated carbocycles. The molecule has 1 aliphatic rings. The third kappa shape index (κ3) is 2.81. The highest BCUT2D eigenvalue weighted by Gasteiger charge is 2.14. The van der Waals surface area contributed by atoms with Gasteiger partial charge in [0.2, 0.25) is 0 Å². The van der Waals surface area contributed by atoms with E-state index in [0.717, 1.165) is 37.3 Å². The molecular formula is C15H17N3. The van der Waals surface area contributed by atoms with Crippen LogP contribution < -0.4 is 5.32 Å². The molecule has 1 aromatic rings. The van der Waals surface area contributed by atoms with Gasteiger partial charge >= 0.3 is 0 Å². The van der Waals surface area contributed by atoms with Gasteiger partial charge < -0.3 is 5.32 Å². The number of hydrogen-bond acceptors (Lipinski definition) is 3. The zero-order valence-corrected chi connectivity index (χ0v) is 10.7. The van der Waals surface area contributed by atoms with E-state index in [1.165, 1.54) is 18.4 Å². The van der Waals surface area contributed by atoms with Gasteiger partial charge in [-0.2, -0.15) is 5.26 Å². The lowest BCUT2D eigenvalue weighted by Crippen LogP contribution is -2.11. The maximum atomic E-state index is 9.16. The molecule has 18 heavy (non-hydrogen) atoms. The fourth-order valence-electron chi connectivity index (χ4n) is 2.22. The normalized spacial score (nSPS) is 12.9. The molecule has 1 heterocycles. The van der Waals surface area contributed by atoms with Crippen LogP contribution in [0.3, 0.4) is 0 Å². The van der Waals surface area contributed by atoms with Crippen molar-refractivity contribution in [3.63, 3.8) is 0 Å². The summed E-state index contributed by atoms with van der Waals surface area (Å²) in [5.41, 5.74) is 3.06. The van der Waals surface area contributed by atoms with Crippen LogP contribution in [0.1, 0.15) is 43.0 Å². The van der Waals surface area contributed by atoms with Crippen LogP contribution in [0.4, 0.5) is 5.82 Å². The number of aryl methyl sites for hydroxylation is 2. The van der Waals surface area contributed by atoms with Gasteiger partial charge in [-0.15, -0.1) is 11.8 Å². The molecule has 3 nitrogen and oxygen atoms in total. The van der Waals surface area contributed by atoms with E-state index in [1.807, 2.05) is 13.0 Å². The minimum absolute atomic E-state index is 0.653. The molecule has 1 N–H and O–H groups in total. The second-order valence-electron chi connectivity index (χ2n) is 4.41. The largest absolute Gasteiger partial charge is 0.368 e. The molecule has 0 radical (unpaired) electrons. The molecular weight excluding hydrogens is 222 g/mol. The SMILES string of the molecule is CC#CCCNc1nc2c(cc1C#N)CCCC2. The van der Waals surface area contributed by atoms with Crippen molar-refractivity contribution < 1.29 is 0 Å². The maximum Gasteiger partial charge on any atom is 0.144 e. The predicted molar refractivity (Wildman–Crippen MR) is 72.2 cm³/mol. The summed E-state index contributed by atoms with van der Waals surface area (Å²) in [5.74, 6) is 6.57. The first-order chi connectivity index (χ1) is 8.85. The van der Waals surface area contributed by atoms with Crippen molar-refractivity contribution in [2.75, 3.05) is 11.9 Å². The van der Waals surface area contributed by atoms with Crippen molar-refractivity contribution in [3.8, 4) is 17.9 Å². The smallest absolute Gasteiger partial charge is 0.144 e. The Morgan fingerprint density at radius 1 is 1.39 bits per heavy atom. The second kappa shape index (κ2) is 6.07. The monoisotopic (exact) mass is 239 g/mol. The Labute approximate surface area is 108 Å². The molecule has 3 heteroatoms. The third-order valence-corrected chi connectivity index (χ3v) is 3.14. The fourth-order valence-corrected chi connectivity index (χ4v) is 2.22. The number of pyridine rings is 1. The van der Waals surface area contributed by atoms with Gasteiger partial charge in [0.25, 0.3) is 0 Å². The van der Waals surface area contributed by atoms with E-state index >= 15 is 0 Å². The molecule has 1 aliphatic carbocycles. The minimum Gasteiger partial charge on any atom is -0.368 e. The highest BCUT2D eigenvalue weighted by Crippen LogP contribution is 2.24. The van der Waals surface area contributed by atoms with Gasteiger partial charge in [0.05, 0.1) is 5.56 Å². The lowest BCUT2D eigenvalue weighted by molar-refractivity contribution is 0.668. The van der Waals surface area contributed by atoms with Gasteiger partial charge in [0.1, 0.15) is 11.9 Å². The van der Waals surface area contributed by atoms with Crippen molar-refractivity contribution in [1.29, 1.82) is 5.26 Å². The standard InChI is InChI=1S/C15H17N3/c1-2-3-6-9-17-15-13(11-16)10-12-7-4-5-8-14(12)18-15/h10H,4-9H2,1H3,(H,17,18). The maximum absolute atomic E-state index is 9.16. The van der Waals surface area contributed by atoms with Gasteiger partial charge in [0, 0.05) is 18.7 Å². The van der Waals surface area contributed by atoms with Crippen molar-refractivity contribution >= 4 is 5.82 Å². The molecule has 0 spiro atoms. The lowest BCUT2D eigenvalue weighted by atomic mass is 9.95. The predicted octanol–water partition coefficient (Wildman–Crippen LogP) is 2.66. The third-order valence-electron chi connectivity index (χ3n) is 3.14. The van der Waals surface area contributed by atoms with Crippen LogP contribution in [0.2, 0.25) is 0 Å². The average molecular weight is 239 g/mol. The summed E-state index contributed by atoms with van der Waals surface area (Å²) >= 11 is 0. The van der Waals surface area contributed by atoms with E-state index in [1.54, 1.807) is 0 Å². The van der Waals surface area contributed by atoms with Crippen molar-refractivity contribution in [3.05, 3.63) is 22.9 Å². The minimum atomic E-state index is 0.653. The van der Waals surface area contributed by atoms with Gasteiger partial charge in [-0.05, 0) is 44.2 Å². The number of nitrogens with zero attached hydrogens (tertiary/aromatic N) is 2. The van der Waals surface area contributed by atoms with Gasteiger partial charge in [-0.3, -0.25) is 0 Å². The van der Waals surface area contributed by atoms with Gasteiger partial charge in [-0.25, -0.2) is 4.98 Å². The number of anilines is 1. The Balaban J connectivity index is 2.17. The number of nitrogens with one attached hydrogen (secondary N) is 1. The van der Waals surface area contributed by atoms with Crippen LogP contribution >= 0.6 is 0 Å². The molecule has 0 bridgehead atoms. The summed E-state index contributed by atoms with van der Waals surface area (Å²) in [5, 5.41) is 12.4. The van der Waals surface area contributed by atoms with E-state index in [0.29, 0.717) is 5.56 Å². The zero-order chi connectivity index (χ0) is 12.8. The summed E-state index contributed by atoms with van der Waals surface area (Å²) in [6, 6.07) is 4.22. The zero-order valence-electron chi connectivity index (χ0n) is 10.7. The number of rotatable bonds is 3. The van der Waals surface area contributed by atoms with Gasteiger partial charge in [0.15, 0.2) is 0 Å². The molecule has 1 aromatic heterocycles. The summed E-state index contributed by atoms with van der Waals surface area (Å²) in [4.78, 5) is 4.60. The molecule has 0 aliphatic heterocycles. The van der Waals surface area contributed by atoms with Crippen LogP contribution in [0.25, 0.3) is 0 Å². The fraction of sp³-hybridized carbons (Fsp3) is 0.467. The molecule has 2 rings (SSSR count). The number of hydrogen-bond donors (Lipinski definition) is 1. The Morgan fingerprint density at radius 2 is 2.22 bits per heavy atom. The summed E-state index contributed by atoms with van der Waals surface area (Å²) in [6.07, 6.45) is 5.27. The quantitative estimate of drug-likeness (QED) is 0.651. The second-order valence-corrected chi connectivity index (χ2v) is 4.41. The highest BCUT2D eigenvalue weighted by molar-refractivity contribution is 5.54. The number of fused-ring (bicyclic) bond motifs is 1. The van der Waals surface area contributed by atoms with E-state index < -0.39 is 0 Å². The van der Waals surface area contributed by atoms with Crippen LogP contribution in [-0.2, 0) is 12.8 Å². The molecule has 0 unspecified atom stereocenters. The molecule has 0 atom stereocenters. The Kier molecular flexibility index (Phi) is 4.20. The first-order valence-corrected chi connectivity index (χ1v) is 6.41. The molecule has 0 saturated heterocycles. The Hall–Kier alpha value is -2.00. The summed E-state index contributed by atoms with van der Waals surface area (Å²) in [6.45, 7) is 2.57. The van der Waals surface area contributed by atoms with Crippen molar-refractivity contribution in [1.82, 2.24) is 4.98 Å². The highest BCUT2D eigenvalue weighted by atomic mass is 15.0. The number of nitriles is 1. The number of aromatic nitrogens is 1. The van der Waals surface area contributed by atoms with E-state index in [-0.39, 0.29) is 0 Å². The van der Waals surface area contributed by atoms with E-state index in [9.17, 15) is 0 Å². The van der Waals surface area contributed by atoms with E-state index in [4.69, 9.17) is 5.26 Å².